The van der Waals surface area contributed by atoms with Crippen molar-refractivity contribution in [3.63, 3.8) is 0 Å². The van der Waals surface area contributed by atoms with Crippen molar-refractivity contribution in [1.82, 2.24) is 0 Å². The third kappa shape index (κ3) is 3.87. The third-order valence-corrected chi connectivity index (χ3v) is 2.94. The largest absolute Gasteiger partial charge is 0.397 e. The number of anilines is 2. The van der Waals surface area contributed by atoms with Crippen LogP contribution in [0, 0.1) is 11.3 Å². The molecule has 0 spiro atoms. The van der Waals surface area contributed by atoms with Gasteiger partial charge in [-0.3, -0.25) is 0 Å². The Labute approximate surface area is 100 Å². The molecule has 1 aromatic rings. The number of nitriles is 1. The Bertz CT molecular complexity index is 396. The number of nitrogen functional groups attached to an aromatic ring is 1. The highest BCUT2D eigenvalue weighted by atomic mass is 32.2. The number of nitrogens with one attached hydrogen (secondary N) is 1. The third-order valence-electron chi connectivity index (χ3n) is 1.98. The number of nitrogens with two attached hydrogens (primary N) is 1. The molecule has 4 heteroatoms. The summed E-state index contributed by atoms with van der Waals surface area (Å²) in [5, 5.41) is 11.9. The number of thioether (sulfide) groups is 1. The molecule has 0 radical (unpaired) electrons. The van der Waals surface area contributed by atoms with Crippen LogP contribution in [0.3, 0.4) is 0 Å². The van der Waals surface area contributed by atoms with Gasteiger partial charge in [0.1, 0.15) is 0 Å². The minimum atomic E-state index is 0.587. The van der Waals surface area contributed by atoms with E-state index < -0.39 is 0 Å². The molecule has 0 amide bonds. The first-order valence-electron chi connectivity index (χ1n) is 5.00. The summed E-state index contributed by atoms with van der Waals surface area (Å²) in [4.78, 5) is 0. The predicted molar refractivity (Wildman–Crippen MR) is 71.6 cm³/mol. The molecule has 0 saturated heterocycles. The van der Waals surface area contributed by atoms with Gasteiger partial charge >= 0.3 is 0 Å². The molecule has 0 aromatic heterocycles. The van der Waals surface area contributed by atoms with E-state index >= 15 is 0 Å². The van der Waals surface area contributed by atoms with Crippen LogP contribution in [0.1, 0.15) is 5.56 Å². The molecule has 3 nitrogen and oxygen atoms in total. The van der Waals surface area contributed by atoms with Crippen LogP contribution in [0.15, 0.2) is 30.9 Å². The van der Waals surface area contributed by atoms with Crippen LogP contribution in [0.2, 0.25) is 0 Å². The van der Waals surface area contributed by atoms with E-state index in [1.165, 1.54) is 0 Å². The second-order valence-corrected chi connectivity index (χ2v) is 4.35. The molecule has 0 bridgehead atoms. The molecule has 3 N–H and O–H groups in total. The first-order chi connectivity index (χ1) is 7.77. The van der Waals surface area contributed by atoms with E-state index in [-0.39, 0.29) is 0 Å². The van der Waals surface area contributed by atoms with Crippen molar-refractivity contribution >= 4 is 23.1 Å². The number of rotatable bonds is 6. The van der Waals surface area contributed by atoms with Crippen molar-refractivity contribution in [3.8, 4) is 6.07 Å². The summed E-state index contributed by atoms with van der Waals surface area (Å²) in [7, 11) is 0. The highest BCUT2D eigenvalue weighted by molar-refractivity contribution is 7.99. The van der Waals surface area contributed by atoms with Gasteiger partial charge in [0.25, 0.3) is 0 Å². The molecule has 0 aliphatic carbocycles. The molecule has 0 saturated carbocycles. The quantitative estimate of drug-likeness (QED) is 0.450. The van der Waals surface area contributed by atoms with Crippen LogP contribution in [-0.2, 0) is 0 Å². The van der Waals surface area contributed by atoms with E-state index in [0.717, 1.165) is 23.7 Å². The summed E-state index contributed by atoms with van der Waals surface area (Å²) in [5.41, 5.74) is 7.89. The fraction of sp³-hybridized carbons (Fsp3) is 0.250. The van der Waals surface area contributed by atoms with Crippen LogP contribution >= 0.6 is 11.8 Å². The molecule has 0 atom stereocenters. The zero-order valence-corrected chi connectivity index (χ0v) is 9.89. The van der Waals surface area contributed by atoms with Gasteiger partial charge in [0.2, 0.25) is 0 Å². The lowest BCUT2D eigenvalue weighted by Crippen LogP contribution is -2.06. The van der Waals surface area contributed by atoms with Crippen molar-refractivity contribution in [3.05, 3.63) is 36.4 Å². The lowest BCUT2D eigenvalue weighted by Gasteiger charge is -2.08. The van der Waals surface area contributed by atoms with Crippen LogP contribution < -0.4 is 11.1 Å². The number of hydrogen-bond donors (Lipinski definition) is 2. The van der Waals surface area contributed by atoms with Crippen LogP contribution in [0.5, 0.6) is 0 Å². The summed E-state index contributed by atoms with van der Waals surface area (Å²) >= 11 is 1.81. The summed E-state index contributed by atoms with van der Waals surface area (Å²) in [6, 6.07) is 7.33. The molecular weight excluding hydrogens is 218 g/mol. The van der Waals surface area contributed by atoms with Gasteiger partial charge in [-0.1, -0.05) is 6.08 Å². The van der Waals surface area contributed by atoms with Crippen molar-refractivity contribution in [2.24, 2.45) is 0 Å². The Morgan fingerprint density at radius 2 is 2.38 bits per heavy atom. The standard InChI is InChI=1S/C12H15N3S/c1-2-6-16-7-5-15-12-4-3-10(9-13)8-11(12)14/h2-4,8,15H,1,5-7,14H2. The van der Waals surface area contributed by atoms with Gasteiger partial charge in [-0.15, -0.1) is 6.58 Å². The summed E-state index contributed by atoms with van der Waals surface area (Å²) in [6.07, 6.45) is 1.89. The Balaban J connectivity index is 2.43. The molecule has 0 heterocycles. The maximum atomic E-state index is 8.69. The van der Waals surface area contributed by atoms with E-state index in [9.17, 15) is 0 Å². The molecule has 0 fully saturated rings. The van der Waals surface area contributed by atoms with E-state index in [1.54, 1.807) is 12.1 Å². The smallest absolute Gasteiger partial charge is 0.0992 e. The second kappa shape index (κ2) is 6.81. The number of nitrogens with zero attached hydrogens (tertiary/aromatic N) is 1. The van der Waals surface area contributed by atoms with Crippen molar-refractivity contribution in [2.75, 3.05) is 29.1 Å². The number of benzene rings is 1. The molecule has 0 aliphatic heterocycles. The Kier molecular flexibility index (Phi) is 5.30. The molecule has 84 valence electrons. The SMILES string of the molecule is C=CCSCCNc1ccc(C#N)cc1N. The first-order valence-corrected chi connectivity index (χ1v) is 6.15. The van der Waals surface area contributed by atoms with Crippen molar-refractivity contribution in [2.45, 2.75) is 0 Å². The highest BCUT2D eigenvalue weighted by Crippen LogP contribution is 2.19. The Hall–Kier alpha value is -1.60. The van der Waals surface area contributed by atoms with Crippen LogP contribution in [-0.4, -0.2) is 18.1 Å². The molecule has 16 heavy (non-hydrogen) atoms. The minimum absolute atomic E-state index is 0.587. The van der Waals surface area contributed by atoms with Gasteiger partial charge in [-0.05, 0) is 18.2 Å². The lowest BCUT2D eigenvalue weighted by atomic mass is 10.2. The zero-order chi connectivity index (χ0) is 11.8. The zero-order valence-electron chi connectivity index (χ0n) is 9.07. The summed E-state index contributed by atoms with van der Waals surface area (Å²) in [5.74, 6) is 1.97. The number of hydrogen-bond acceptors (Lipinski definition) is 4. The summed E-state index contributed by atoms with van der Waals surface area (Å²) < 4.78 is 0. The van der Waals surface area contributed by atoms with Gasteiger partial charge in [0.05, 0.1) is 23.0 Å². The Morgan fingerprint density at radius 1 is 1.56 bits per heavy atom. The van der Waals surface area contributed by atoms with E-state index in [1.807, 2.05) is 23.9 Å². The van der Waals surface area contributed by atoms with Gasteiger partial charge in [-0.25, -0.2) is 0 Å². The van der Waals surface area contributed by atoms with Crippen molar-refractivity contribution < 1.29 is 0 Å². The fourth-order valence-corrected chi connectivity index (χ4v) is 1.80. The minimum Gasteiger partial charge on any atom is -0.397 e. The average molecular weight is 233 g/mol. The molecule has 1 aromatic carbocycles. The van der Waals surface area contributed by atoms with Gasteiger partial charge in [0, 0.05) is 18.1 Å². The first kappa shape index (κ1) is 12.5. The average Bonchev–Trinajstić information content (AvgIpc) is 2.30. The molecule has 1 rings (SSSR count). The van der Waals surface area contributed by atoms with E-state index in [2.05, 4.69) is 18.0 Å². The fourth-order valence-electron chi connectivity index (χ4n) is 1.22. The molecular formula is C12H15N3S. The lowest BCUT2D eigenvalue weighted by molar-refractivity contribution is 1.23. The molecule has 0 aliphatic rings. The molecule has 0 unspecified atom stereocenters. The summed E-state index contributed by atoms with van der Waals surface area (Å²) in [6.45, 7) is 4.51. The monoisotopic (exact) mass is 233 g/mol. The maximum Gasteiger partial charge on any atom is 0.0992 e. The van der Waals surface area contributed by atoms with E-state index in [4.69, 9.17) is 11.0 Å². The predicted octanol–water partition coefficient (Wildman–Crippen LogP) is 2.47. The maximum absolute atomic E-state index is 8.69. The normalized spacial score (nSPS) is 9.44. The Morgan fingerprint density at radius 3 is 3.00 bits per heavy atom. The van der Waals surface area contributed by atoms with Gasteiger partial charge in [0.15, 0.2) is 0 Å². The van der Waals surface area contributed by atoms with Crippen LogP contribution in [0.4, 0.5) is 11.4 Å². The van der Waals surface area contributed by atoms with Gasteiger partial charge < -0.3 is 11.1 Å². The van der Waals surface area contributed by atoms with Gasteiger partial charge in [-0.2, -0.15) is 17.0 Å². The topological polar surface area (TPSA) is 61.8 Å². The van der Waals surface area contributed by atoms with Crippen LogP contribution in [0.25, 0.3) is 0 Å². The van der Waals surface area contributed by atoms with Crippen molar-refractivity contribution in [1.29, 1.82) is 5.26 Å². The van der Waals surface area contributed by atoms with E-state index in [0.29, 0.717) is 11.3 Å². The highest BCUT2D eigenvalue weighted by Gasteiger charge is 1.99. The second-order valence-electron chi connectivity index (χ2n) is 3.20.